The maximum absolute atomic E-state index is 11.0. The number of carboxylic acid groups (broad SMARTS) is 2. The van der Waals surface area contributed by atoms with Gasteiger partial charge in [-0.05, 0) is 30.3 Å². The van der Waals surface area contributed by atoms with Crippen LogP contribution in [0.1, 0.15) is 26.4 Å². The zero-order valence-corrected chi connectivity index (χ0v) is 11.6. The molecule has 0 aliphatic heterocycles. The van der Waals surface area contributed by atoms with E-state index in [1.807, 2.05) is 6.07 Å². The number of benzene rings is 1. The molecule has 1 heterocycles. The number of aromatic nitrogens is 1. The summed E-state index contributed by atoms with van der Waals surface area (Å²) in [5.74, 6) is -2.55. The molecule has 1 aromatic carbocycles. The van der Waals surface area contributed by atoms with Crippen LogP contribution in [-0.4, -0.2) is 32.8 Å². The maximum atomic E-state index is 11.0. The minimum atomic E-state index is -1.27. The van der Waals surface area contributed by atoms with Crippen molar-refractivity contribution < 1.29 is 19.8 Å². The molecule has 0 unspecified atom stereocenters. The lowest BCUT2D eigenvalue weighted by atomic mass is 10.1. The van der Waals surface area contributed by atoms with Crippen LogP contribution in [0.15, 0.2) is 47.7 Å². The summed E-state index contributed by atoms with van der Waals surface area (Å²) in [4.78, 5) is 26.0. The molecule has 0 saturated carbocycles. The van der Waals surface area contributed by atoms with Gasteiger partial charge in [-0.15, -0.1) is 0 Å². The number of nitrogens with zero attached hydrogens (tertiary/aromatic N) is 3. The Bertz CT molecular complexity index is 793. The number of pyridine rings is 1. The smallest absolute Gasteiger partial charge is 0.335 e. The third kappa shape index (κ3) is 3.89. The molecular formula is C15H10N4O4. The number of nitriles is 1. The van der Waals surface area contributed by atoms with Crippen LogP contribution in [0, 0.1) is 11.3 Å². The molecule has 0 fully saturated rings. The predicted octanol–water partition coefficient (Wildman–Crippen LogP) is 1.82. The minimum absolute atomic E-state index is 0.0248. The van der Waals surface area contributed by atoms with Gasteiger partial charge in [0.1, 0.15) is 11.8 Å². The van der Waals surface area contributed by atoms with Crippen LogP contribution in [0.2, 0.25) is 0 Å². The zero-order valence-electron chi connectivity index (χ0n) is 11.6. The van der Waals surface area contributed by atoms with E-state index in [9.17, 15) is 9.59 Å². The van der Waals surface area contributed by atoms with Crippen molar-refractivity contribution in [3.05, 3.63) is 59.4 Å². The fourth-order valence-corrected chi connectivity index (χ4v) is 1.70. The summed E-state index contributed by atoms with van der Waals surface area (Å²) in [6, 6.07) is 10.3. The molecule has 0 bridgehead atoms. The Hall–Kier alpha value is -3.73. The molecule has 0 amide bonds. The number of hydrogen-bond donors (Lipinski definition) is 3. The highest BCUT2D eigenvalue weighted by Gasteiger charge is 2.11. The average molecular weight is 310 g/mol. The highest BCUT2D eigenvalue weighted by atomic mass is 16.4. The molecule has 0 atom stereocenters. The number of hydrazone groups is 1. The van der Waals surface area contributed by atoms with Crippen LogP contribution in [0.5, 0.6) is 0 Å². The van der Waals surface area contributed by atoms with E-state index in [0.29, 0.717) is 5.69 Å². The van der Waals surface area contributed by atoms with Gasteiger partial charge in [0.15, 0.2) is 5.71 Å². The van der Waals surface area contributed by atoms with E-state index in [2.05, 4.69) is 15.5 Å². The quantitative estimate of drug-likeness (QED) is 0.566. The Morgan fingerprint density at radius 1 is 1.13 bits per heavy atom. The molecule has 0 spiro atoms. The second-order valence-corrected chi connectivity index (χ2v) is 4.31. The normalized spacial score (nSPS) is 10.7. The summed E-state index contributed by atoms with van der Waals surface area (Å²) in [7, 11) is 0. The molecule has 2 aromatic rings. The molecule has 3 N–H and O–H groups in total. The molecule has 8 heteroatoms. The fourth-order valence-electron chi connectivity index (χ4n) is 1.70. The van der Waals surface area contributed by atoms with Gasteiger partial charge in [0.05, 0.1) is 16.8 Å². The topological polar surface area (TPSA) is 136 Å². The largest absolute Gasteiger partial charge is 0.478 e. The maximum Gasteiger partial charge on any atom is 0.335 e. The van der Waals surface area contributed by atoms with Crippen LogP contribution in [0.25, 0.3) is 0 Å². The number of rotatable bonds is 5. The lowest BCUT2D eigenvalue weighted by molar-refractivity contribution is 0.0696. The second-order valence-electron chi connectivity index (χ2n) is 4.31. The van der Waals surface area contributed by atoms with Gasteiger partial charge in [0.2, 0.25) is 0 Å². The first kappa shape index (κ1) is 15.7. The van der Waals surface area contributed by atoms with E-state index >= 15 is 0 Å². The molecule has 0 radical (unpaired) electrons. The zero-order chi connectivity index (χ0) is 16.8. The van der Waals surface area contributed by atoms with Crippen molar-refractivity contribution in [3.63, 3.8) is 0 Å². The number of anilines is 1. The Labute approximate surface area is 130 Å². The second kappa shape index (κ2) is 6.82. The van der Waals surface area contributed by atoms with Gasteiger partial charge in [0.25, 0.3) is 0 Å². The van der Waals surface area contributed by atoms with Gasteiger partial charge in [0, 0.05) is 6.20 Å². The lowest BCUT2D eigenvalue weighted by Gasteiger charge is -2.05. The van der Waals surface area contributed by atoms with E-state index in [1.165, 1.54) is 18.3 Å². The first-order chi connectivity index (χ1) is 11.0. The Morgan fingerprint density at radius 2 is 1.78 bits per heavy atom. The van der Waals surface area contributed by atoms with Crippen LogP contribution in [0.3, 0.4) is 0 Å². The van der Waals surface area contributed by atoms with Crippen LogP contribution >= 0.6 is 0 Å². The van der Waals surface area contributed by atoms with Crippen molar-refractivity contribution in [2.45, 2.75) is 0 Å². The van der Waals surface area contributed by atoms with Crippen molar-refractivity contribution in [2.75, 3.05) is 5.43 Å². The standard InChI is InChI=1S/C15H10N4O4/c16-8-13(12-3-1-2-4-17-12)19-18-11-6-9(14(20)21)5-10(7-11)15(22)23/h1-7,18H,(H,20,21)(H,22,23)/b19-13-. The van der Waals surface area contributed by atoms with Crippen LogP contribution < -0.4 is 5.43 Å². The van der Waals surface area contributed by atoms with E-state index in [4.69, 9.17) is 15.5 Å². The lowest BCUT2D eigenvalue weighted by Crippen LogP contribution is -2.06. The van der Waals surface area contributed by atoms with Crippen molar-refractivity contribution >= 4 is 23.3 Å². The number of hydrogen-bond acceptors (Lipinski definition) is 6. The summed E-state index contributed by atoms with van der Waals surface area (Å²) in [5, 5.41) is 30.9. The van der Waals surface area contributed by atoms with Crippen molar-refractivity contribution in [1.29, 1.82) is 5.26 Å². The highest BCUT2D eigenvalue weighted by Crippen LogP contribution is 2.16. The Kier molecular flexibility index (Phi) is 4.64. The summed E-state index contributed by atoms with van der Waals surface area (Å²) < 4.78 is 0. The first-order valence-electron chi connectivity index (χ1n) is 6.28. The van der Waals surface area contributed by atoms with Crippen LogP contribution in [0.4, 0.5) is 5.69 Å². The number of carbonyl (C=O) groups is 2. The van der Waals surface area contributed by atoms with Gasteiger partial charge in [-0.1, -0.05) is 6.07 Å². The van der Waals surface area contributed by atoms with Gasteiger partial charge < -0.3 is 10.2 Å². The third-order valence-electron chi connectivity index (χ3n) is 2.74. The summed E-state index contributed by atoms with van der Waals surface area (Å²) in [6.45, 7) is 0. The van der Waals surface area contributed by atoms with Gasteiger partial charge >= 0.3 is 11.9 Å². The predicted molar refractivity (Wildman–Crippen MR) is 80.4 cm³/mol. The van der Waals surface area contributed by atoms with E-state index in [1.54, 1.807) is 18.2 Å². The SMILES string of the molecule is N#C/C(=N/Nc1cc(C(=O)O)cc(C(=O)O)c1)c1ccccn1. The summed E-state index contributed by atoms with van der Waals surface area (Å²) in [6.07, 6.45) is 1.50. The van der Waals surface area contributed by atoms with Crippen molar-refractivity contribution in [3.8, 4) is 6.07 Å². The monoisotopic (exact) mass is 310 g/mol. The highest BCUT2D eigenvalue weighted by molar-refractivity contribution is 6.10. The Morgan fingerprint density at radius 3 is 2.26 bits per heavy atom. The van der Waals surface area contributed by atoms with Crippen molar-refractivity contribution in [2.24, 2.45) is 5.10 Å². The fraction of sp³-hybridized carbons (Fsp3) is 0. The van der Waals surface area contributed by atoms with E-state index < -0.39 is 11.9 Å². The molecule has 0 saturated heterocycles. The molecule has 2 rings (SSSR count). The summed E-state index contributed by atoms with van der Waals surface area (Å²) in [5.41, 5.74) is 2.50. The molecule has 1 aromatic heterocycles. The van der Waals surface area contributed by atoms with E-state index in [0.717, 1.165) is 6.07 Å². The third-order valence-corrected chi connectivity index (χ3v) is 2.74. The molecule has 0 aliphatic carbocycles. The molecule has 23 heavy (non-hydrogen) atoms. The van der Waals surface area contributed by atoms with Crippen LogP contribution in [-0.2, 0) is 0 Å². The van der Waals surface area contributed by atoms with Gasteiger partial charge in [-0.2, -0.15) is 10.4 Å². The minimum Gasteiger partial charge on any atom is -0.478 e. The molecule has 114 valence electrons. The first-order valence-corrected chi connectivity index (χ1v) is 6.28. The number of carboxylic acids is 2. The van der Waals surface area contributed by atoms with E-state index in [-0.39, 0.29) is 22.5 Å². The average Bonchev–Trinajstić information content (AvgIpc) is 2.56. The molecule has 8 nitrogen and oxygen atoms in total. The molecule has 0 aliphatic rings. The van der Waals surface area contributed by atoms with Crippen molar-refractivity contribution in [1.82, 2.24) is 4.98 Å². The van der Waals surface area contributed by atoms with Gasteiger partial charge in [-0.25, -0.2) is 9.59 Å². The Balaban J connectivity index is 2.36. The number of nitrogens with one attached hydrogen (secondary N) is 1. The number of aromatic carboxylic acids is 2. The van der Waals surface area contributed by atoms with Gasteiger partial charge in [-0.3, -0.25) is 10.4 Å². The molecular weight excluding hydrogens is 300 g/mol. The summed E-state index contributed by atoms with van der Waals surface area (Å²) >= 11 is 0.